The number of piperidine rings is 1. The van der Waals surface area contributed by atoms with Crippen molar-refractivity contribution in [3.05, 3.63) is 0 Å². The van der Waals surface area contributed by atoms with E-state index in [1.165, 1.54) is 11.8 Å². The maximum atomic E-state index is 12.8. The molecule has 0 N–H and O–H groups in total. The topological polar surface area (TPSA) is 29.5 Å². The van der Waals surface area contributed by atoms with E-state index in [1.54, 1.807) is 0 Å². The van der Waals surface area contributed by atoms with E-state index in [4.69, 9.17) is 11.6 Å². The van der Waals surface area contributed by atoms with Crippen LogP contribution in [0.25, 0.3) is 0 Å². The number of hydrogen-bond donors (Lipinski definition) is 0. The second-order valence-electron chi connectivity index (χ2n) is 4.14. The number of halogens is 4. The number of hydrogen-bond acceptors (Lipinski definition) is 2. The minimum Gasteiger partial charge on any atom is -0.369 e. The van der Waals surface area contributed by atoms with Crippen molar-refractivity contribution in [3.8, 4) is 0 Å². The van der Waals surface area contributed by atoms with E-state index < -0.39 is 17.2 Å². The lowest BCUT2D eigenvalue weighted by Gasteiger charge is -2.41. The Morgan fingerprint density at radius 1 is 1.41 bits per heavy atom. The van der Waals surface area contributed by atoms with Crippen LogP contribution in [0.4, 0.5) is 13.2 Å². The quantitative estimate of drug-likeness (QED) is 0.722. The highest BCUT2D eigenvalue weighted by molar-refractivity contribution is 6.30. The third-order valence-corrected chi connectivity index (χ3v) is 3.32. The van der Waals surface area contributed by atoms with Gasteiger partial charge >= 0.3 is 6.18 Å². The molecule has 0 aromatic carbocycles. The van der Waals surface area contributed by atoms with Crippen LogP contribution in [0.2, 0.25) is 0 Å². The van der Waals surface area contributed by atoms with E-state index >= 15 is 0 Å². The maximum absolute atomic E-state index is 12.8. The summed E-state index contributed by atoms with van der Waals surface area (Å²) in [4.78, 5) is 12.9. The smallest absolute Gasteiger partial charge is 0.369 e. The molecule has 0 aliphatic carbocycles. The molecule has 1 fully saturated rings. The van der Waals surface area contributed by atoms with Gasteiger partial charge < -0.3 is 9.64 Å². The van der Waals surface area contributed by atoms with Crippen LogP contribution >= 0.6 is 11.6 Å². The Hall–Kier alpha value is -0.490. The van der Waals surface area contributed by atoms with Gasteiger partial charge in [-0.1, -0.05) is 0 Å². The molecule has 1 heterocycles. The van der Waals surface area contributed by atoms with E-state index in [1.807, 2.05) is 0 Å². The van der Waals surface area contributed by atoms with Gasteiger partial charge in [0.25, 0.3) is 0 Å². The Kier molecular flexibility index (Phi) is 4.30. The summed E-state index contributed by atoms with van der Waals surface area (Å²) in [5, 5.41) is -0.712. The molecule has 1 aliphatic rings. The fraction of sp³-hybridized carbons (Fsp3) is 0.900. The highest BCUT2D eigenvalue weighted by atomic mass is 35.5. The average molecular weight is 274 g/mol. The fourth-order valence-corrected chi connectivity index (χ4v) is 2.08. The highest BCUT2D eigenvalue weighted by Gasteiger charge is 2.56. The molecule has 1 aliphatic heterocycles. The van der Waals surface area contributed by atoms with Crippen LogP contribution in [-0.2, 0) is 9.53 Å². The zero-order valence-corrected chi connectivity index (χ0v) is 10.4. The normalized spacial score (nSPS) is 22.4. The van der Waals surface area contributed by atoms with Gasteiger partial charge in [-0.2, -0.15) is 13.2 Å². The van der Waals surface area contributed by atoms with Gasteiger partial charge in [0.15, 0.2) is 5.60 Å². The molecule has 7 heteroatoms. The number of rotatable bonds is 2. The summed E-state index contributed by atoms with van der Waals surface area (Å²) in [6.07, 6.45) is -4.91. The van der Waals surface area contributed by atoms with Gasteiger partial charge in [0, 0.05) is 33.0 Å². The van der Waals surface area contributed by atoms with E-state index in [0.717, 1.165) is 7.11 Å². The lowest BCUT2D eigenvalue weighted by molar-refractivity contribution is -0.281. The molecule has 100 valence electrons. The predicted octanol–water partition coefficient (Wildman–Crippen LogP) is 2.18. The number of carbonyl (C=O) groups is 1. The van der Waals surface area contributed by atoms with Crippen molar-refractivity contribution in [1.82, 2.24) is 4.90 Å². The van der Waals surface area contributed by atoms with Crippen LogP contribution in [0, 0.1) is 0 Å². The number of likely N-dealkylation sites (tertiary alicyclic amines) is 1. The van der Waals surface area contributed by atoms with Crippen LogP contribution in [0.1, 0.15) is 19.8 Å². The second kappa shape index (κ2) is 5.02. The molecule has 1 rings (SSSR count). The van der Waals surface area contributed by atoms with Crippen LogP contribution in [0.15, 0.2) is 0 Å². The number of ether oxygens (including phenoxy) is 1. The van der Waals surface area contributed by atoms with Gasteiger partial charge in [-0.25, -0.2) is 0 Å². The molecule has 0 bridgehead atoms. The van der Waals surface area contributed by atoms with Gasteiger partial charge in [0.2, 0.25) is 5.91 Å². The largest absolute Gasteiger partial charge is 0.417 e. The first kappa shape index (κ1) is 14.6. The average Bonchev–Trinajstić information content (AvgIpc) is 2.26. The lowest BCUT2D eigenvalue weighted by Crippen LogP contribution is -2.56. The fourth-order valence-electron chi connectivity index (χ4n) is 1.94. The maximum Gasteiger partial charge on any atom is 0.417 e. The molecule has 0 aromatic heterocycles. The third kappa shape index (κ3) is 2.85. The molecule has 1 atom stereocenters. The number of amides is 1. The number of methoxy groups -OCH3 is 1. The first-order valence-electron chi connectivity index (χ1n) is 5.28. The molecular weight excluding hydrogens is 259 g/mol. The van der Waals surface area contributed by atoms with Crippen molar-refractivity contribution in [1.29, 1.82) is 0 Å². The highest BCUT2D eigenvalue weighted by Crippen LogP contribution is 2.41. The van der Waals surface area contributed by atoms with Gasteiger partial charge in [-0.3, -0.25) is 4.79 Å². The number of alkyl halides is 4. The Morgan fingerprint density at radius 2 is 1.88 bits per heavy atom. The molecule has 0 unspecified atom stereocenters. The minimum atomic E-state index is -4.41. The molecule has 1 saturated heterocycles. The van der Waals surface area contributed by atoms with Crippen LogP contribution in [0.5, 0.6) is 0 Å². The Labute approximate surface area is 103 Å². The summed E-state index contributed by atoms with van der Waals surface area (Å²) in [6.45, 7) is 1.54. The van der Waals surface area contributed by atoms with Crippen LogP contribution in [0.3, 0.4) is 0 Å². The molecule has 1 amide bonds. The molecule has 3 nitrogen and oxygen atoms in total. The number of carbonyl (C=O) groups excluding carboxylic acids is 1. The first-order chi connectivity index (χ1) is 7.73. The van der Waals surface area contributed by atoms with Gasteiger partial charge in [-0.05, 0) is 6.92 Å². The first-order valence-corrected chi connectivity index (χ1v) is 5.72. The van der Waals surface area contributed by atoms with E-state index in [2.05, 4.69) is 4.74 Å². The van der Waals surface area contributed by atoms with Gasteiger partial charge in [0.1, 0.15) is 5.38 Å². The summed E-state index contributed by atoms with van der Waals surface area (Å²) in [5.74, 6) is -0.335. The summed E-state index contributed by atoms with van der Waals surface area (Å²) in [6, 6.07) is 0. The molecular formula is C10H15ClF3NO2. The molecule has 0 saturated carbocycles. The van der Waals surface area contributed by atoms with Crippen molar-refractivity contribution in [2.45, 2.75) is 36.9 Å². The number of nitrogens with zero attached hydrogens (tertiary/aromatic N) is 1. The molecule has 17 heavy (non-hydrogen) atoms. The Morgan fingerprint density at radius 3 is 2.18 bits per heavy atom. The van der Waals surface area contributed by atoms with Gasteiger partial charge in [0.05, 0.1) is 0 Å². The zero-order valence-electron chi connectivity index (χ0n) is 9.68. The molecule has 0 spiro atoms. The summed E-state index contributed by atoms with van der Waals surface area (Å²) in [7, 11) is 1.05. The lowest BCUT2D eigenvalue weighted by atomic mass is 9.90. The summed E-state index contributed by atoms with van der Waals surface area (Å²) >= 11 is 5.61. The van der Waals surface area contributed by atoms with E-state index in [-0.39, 0.29) is 31.8 Å². The minimum absolute atomic E-state index is 0.0171. The SMILES string of the molecule is COC1(C(F)(F)F)CCN(C(=O)[C@H](C)Cl)CC1. The van der Waals surface area contributed by atoms with Crippen LogP contribution < -0.4 is 0 Å². The van der Waals surface area contributed by atoms with Gasteiger partial charge in [-0.15, -0.1) is 11.6 Å². The second-order valence-corrected chi connectivity index (χ2v) is 4.79. The monoisotopic (exact) mass is 273 g/mol. The van der Waals surface area contributed by atoms with Crippen molar-refractivity contribution < 1.29 is 22.7 Å². The standard InChI is InChI=1S/C10H15ClF3NO2/c1-7(11)8(16)15-5-3-9(17-2,4-6-15)10(12,13)14/h7H,3-6H2,1-2H3/t7-/m0/s1. The zero-order chi connectivity index (χ0) is 13.3. The van der Waals surface area contributed by atoms with Crippen molar-refractivity contribution in [3.63, 3.8) is 0 Å². The summed E-state index contributed by atoms with van der Waals surface area (Å²) < 4.78 is 43.1. The van der Waals surface area contributed by atoms with E-state index in [0.29, 0.717) is 0 Å². The van der Waals surface area contributed by atoms with E-state index in [9.17, 15) is 18.0 Å². The Balaban J connectivity index is 2.69. The van der Waals surface area contributed by atoms with Crippen LogP contribution in [-0.4, -0.2) is 48.2 Å². The molecule has 0 aromatic rings. The third-order valence-electron chi connectivity index (χ3n) is 3.13. The molecule has 0 radical (unpaired) electrons. The van der Waals surface area contributed by atoms with Crippen molar-refractivity contribution in [2.24, 2.45) is 0 Å². The van der Waals surface area contributed by atoms with Crippen molar-refractivity contribution >= 4 is 17.5 Å². The Bertz CT molecular complexity index is 286. The predicted molar refractivity (Wildman–Crippen MR) is 56.9 cm³/mol. The summed E-state index contributed by atoms with van der Waals surface area (Å²) in [5.41, 5.74) is -2.13. The van der Waals surface area contributed by atoms with Crippen molar-refractivity contribution in [2.75, 3.05) is 20.2 Å².